The highest BCUT2D eigenvalue weighted by Gasteiger charge is 2.63. The Bertz CT molecular complexity index is 1770. The van der Waals surface area contributed by atoms with Gasteiger partial charge >= 0.3 is 0 Å². The fourth-order valence-corrected chi connectivity index (χ4v) is 5.74. The highest BCUT2D eigenvalue weighted by atomic mass is 19.1. The van der Waals surface area contributed by atoms with E-state index in [2.05, 4.69) is 20.5 Å². The summed E-state index contributed by atoms with van der Waals surface area (Å²) in [5.41, 5.74) is -0.191. The molecule has 47 heavy (non-hydrogen) atoms. The predicted octanol–water partition coefficient (Wildman–Crippen LogP) is 6.02. The molecule has 0 bridgehead atoms. The minimum atomic E-state index is -1.32. The summed E-state index contributed by atoms with van der Waals surface area (Å²) >= 11 is 0. The molecule has 4 aromatic rings. The van der Waals surface area contributed by atoms with E-state index in [0.717, 1.165) is 45.3 Å². The number of hydrogen-bond acceptors (Lipinski definition) is 8. The summed E-state index contributed by atoms with van der Waals surface area (Å²) in [7, 11) is 1.55. The van der Waals surface area contributed by atoms with Crippen LogP contribution in [0.15, 0.2) is 66.9 Å². The third-order valence-corrected chi connectivity index (χ3v) is 8.60. The number of methoxy groups -OCH3 is 1. The van der Waals surface area contributed by atoms with E-state index < -0.39 is 28.9 Å². The SMILES string of the molecule is COc1cc2c(Oc3ccc(NC(=O)[C@@]4(C(=O)Nc5ccc(F)cc5)C[C@H]4C)cc3F)ccnc2cc1OCCCN1CCOCC1. The van der Waals surface area contributed by atoms with Crippen molar-refractivity contribution in [1.82, 2.24) is 9.88 Å². The van der Waals surface area contributed by atoms with Crippen molar-refractivity contribution in [3.63, 3.8) is 0 Å². The minimum Gasteiger partial charge on any atom is -0.493 e. The largest absolute Gasteiger partial charge is 0.493 e. The number of carbonyl (C=O) groups is 2. The van der Waals surface area contributed by atoms with Crippen molar-refractivity contribution >= 4 is 34.1 Å². The molecule has 2 N–H and O–H groups in total. The molecular weight excluding hydrogens is 610 g/mol. The first-order valence-corrected chi connectivity index (χ1v) is 15.5. The molecule has 0 unspecified atom stereocenters. The van der Waals surface area contributed by atoms with Crippen molar-refractivity contribution < 1.29 is 37.3 Å². The molecule has 2 atom stereocenters. The smallest absolute Gasteiger partial charge is 0.240 e. The first-order valence-electron chi connectivity index (χ1n) is 15.5. The van der Waals surface area contributed by atoms with Crippen LogP contribution in [0.3, 0.4) is 0 Å². The number of pyridine rings is 1. The van der Waals surface area contributed by atoms with E-state index in [1.54, 1.807) is 38.4 Å². The maximum atomic E-state index is 15.3. The fourth-order valence-electron chi connectivity index (χ4n) is 5.74. The van der Waals surface area contributed by atoms with Crippen molar-refractivity contribution in [1.29, 1.82) is 0 Å². The van der Waals surface area contributed by atoms with Crippen LogP contribution in [0.1, 0.15) is 19.8 Å². The molecule has 246 valence electrons. The monoisotopic (exact) mass is 646 g/mol. The van der Waals surface area contributed by atoms with Gasteiger partial charge in [0.2, 0.25) is 11.8 Å². The first-order chi connectivity index (χ1) is 22.8. The molecule has 1 aromatic heterocycles. The molecule has 0 radical (unpaired) electrons. The van der Waals surface area contributed by atoms with Crippen molar-refractivity contribution in [2.45, 2.75) is 19.8 Å². The fraction of sp³-hybridized carbons (Fsp3) is 0.343. The molecule has 2 aliphatic rings. The first kappa shape index (κ1) is 32.1. The number of aromatic nitrogens is 1. The second kappa shape index (κ2) is 13.9. The van der Waals surface area contributed by atoms with Gasteiger partial charge in [-0.1, -0.05) is 6.92 Å². The number of morpholine rings is 1. The standard InChI is InChI=1S/C35H36F2N4O6/c1-22-21-35(22,33(42)39-24-6-4-23(36)5-7-24)34(43)40-25-8-9-30(27(37)18-25)47-29-10-11-38-28-20-32(31(44-2)19-26(28)29)46-15-3-12-41-13-16-45-17-14-41/h4-11,18-20,22H,3,12-17,21H2,1-2H3,(H,39,42)(H,40,43)/t22-,35+/m1/s1. The molecule has 10 nitrogen and oxygen atoms in total. The zero-order chi connectivity index (χ0) is 33.0. The van der Waals surface area contributed by atoms with Crippen LogP contribution in [-0.4, -0.2) is 68.3 Å². The lowest BCUT2D eigenvalue weighted by Gasteiger charge is -2.26. The van der Waals surface area contributed by atoms with Crippen LogP contribution in [0.2, 0.25) is 0 Å². The molecule has 3 aromatic carbocycles. The molecule has 2 heterocycles. The molecule has 6 rings (SSSR count). The van der Waals surface area contributed by atoms with Gasteiger partial charge in [-0.25, -0.2) is 8.78 Å². The molecule has 1 aliphatic carbocycles. The summed E-state index contributed by atoms with van der Waals surface area (Å²) in [4.78, 5) is 33.1. The van der Waals surface area contributed by atoms with Gasteiger partial charge in [-0.15, -0.1) is 0 Å². The lowest BCUT2D eigenvalue weighted by molar-refractivity contribution is -0.131. The van der Waals surface area contributed by atoms with Crippen molar-refractivity contribution in [3.8, 4) is 23.0 Å². The number of hydrogen-bond donors (Lipinski definition) is 2. The van der Waals surface area contributed by atoms with E-state index >= 15 is 4.39 Å². The molecule has 2 amide bonds. The minimum absolute atomic E-state index is 0.0681. The lowest BCUT2D eigenvalue weighted by atomic mass is 10.0. The molecule has 2 fully saturated rings. The van der Waals surface area contributed by atoms with E-state index in [-0.39, 0.29) is 17.4 Å². The number of nitrogens with one attached hydrogen (secondary N) is 2. The highest BCUT2D eigenvalue weighted by molar-refractivity contribution is 6.17. The second-order valence-electron chi connectivity index (χ2n) is 11.7. The van der Waals surface area contributed by atoms with Crippen molar-refractivity contribution in [3.05, 3.63) is 78.5 Å². The Morgan fingerprint density at radius 2 is 1.64 bits per heavy atom. The van der Waals surface area contributed by atoms with Crippen LogP contribution in [0.5, 0.6) is 23.0 Å². The third kappa shape index (κ3) is 7.13. The summed E-state index contributed by atoms with van der Waals surface area (Å²) in [5, 5.41) is 5.95. The molecular formula is C35H36F2N4O6. The van der Waals surface area contributed by atoms with Crippen LogP contribution >= 0.6 is 0 Å². The topological polar surface area (TPSA) is 111 Å². The Morgan fingerprint density at radius 3 is 2.32 bits per heavy atom. The number of nitrogens with zero attached hydrogens (tertiary/aromatic N) is 2. The zero-order valence-electron chi connectivity index (χ0n) is 26.2. The number of amides is 2. The highest BCUT2D eigenvalue weighted by Crippen LogP contribution is 2.53. The molecule has 1 saturated carbocycles. The lowest BCUT2D eigenvalue weighted by Crippen LogP contribution is -2.37. The number of fused-ring (bicyclic) bond motifs is 1. The van der Waals surface area contributed by atoms with Crippen LogP contribution in [0.4, 0.5) is 20.2 Å². The second-order valence-corrected chi connectivity index (χ2v) is 11.7. The Labute approximate surface area is 271 Å². The number of ether oxygens (including phenoxy) is 4. The van der Waals surface area contributed by atoms with E-state index in [1.807, 2.05) is 0 Å². The van der Waals surface area contributed by atoms with Gasteiger partial charge < -0.3 is 29.6 Å². The van der Waals surface area contributed by atoms with E-state index in [1.165, 1.54) is 36.4 Å². The Hall–Kier alpha value is -4.81. The van der Waals surface area contributed by atoms with Crippen LogP contribution in [0.25, 0.3) is 10.9 Å². The van der Waals surface area contributed by atoms with Gasteiger partial charge in [-0.2, -0.15) is 0 Å². The van der Waals surface area contributed by atoms with Crippen LogP contribution in [0, 0.1) is 23.0 Å². The molecule has 1 aliphatic heterocycles. The molecule has 0 spiro atoms. The zero-order valence-corrected chi connectivity index (χ0v) is 26.2. The Kier molecular flexibility index (Phi) is 9.50. The summed E-state index contributed by atoms with van der Waals surface area (Å²) < 4.78 is 51.6. The number of halogens is 2. The van der Waals surface area contributed by atoms with Gasteiger partial charge in [0.05, 0.1) is 32.4 Å². The van der Waals surface area contributed by atoms with Gasteiger partial charge in [-0.3, -0.25) is 19.5 Å². The number of benzene rings is 3. The van der Waals surface area contributed by atoms with Crippen molar-refractivity contribution in [2.75, 3.05) is 57.2 Å². The molecule has 1 saturated heterocycles. The van der Waals surface area contributed by atoms with Gasteiger partial charge in [0.15, 0.2) is 23.1 Å². The predicted molar refractivity (Wildman–Crippen MR) is 172 cm³/mol. The maximum Gasteiger partial charge on any atom is 0.240 e. The summed E-state index contributed by atoms with van der Waals surface area (Å²) in [5.74, 6) is -1.11. The summed E-state index contributed by atoms with van der Waals surface area (Å²) in [6.07, 6.45) is 2.73. The average Bonchev–Trinajstić information content (AvgIpc) is 3.77. The quantitative estimate of drug-likeness (QED) is 0.142. The van der Waals surface area contributed by atoms with Gasteiger partial charge in [0, 0.05) is 54.7 Å². The summed E-state index contributed by atoms with van der Waals surface area (Å²) in [6, 6.07) is 14.5. The normalized spacial score (nSPS) is 19.2. The maximum absolute atomic E-state index is 15.3. The Morgan fingerprint density at radius 1 is 0.936 bits per heavy atom. The number of rotatable bonds is 12. The van der Waals surface area contributed by atoms with Crippen molar-refractivity contribution in [2.24, 2.45) is 11.3 Å². The van der Waals surface area contributed by atoms with Crippen LogP contribution in [-0.2, 0) is 14.3 Å². The van der Waals surface area contributed by atoms with Gasteiger partial charge in [0.1, 0.15) is 17.0 Å². The third-order valence-electron chi connectivity index (χ3n) is 8.60. The Balaban J connectivity index is 1.11. The van der Waals surface area contributed by atoms with Gasteiger partial charge in [-0.05, 0) is 67.3 Å². The van der Waals surface area contributed by atoms with Crippen LogP contribution < -0.4 is 24.8 Å². The van der Waals surface area contributed by atoms with E-state index in [0.29, 0.717) is 46.9 Å². The summed E-state index contributed by atoms with van der Waals surface area (Å²) in [6.45, 7) is 6.55. The number of anilines is 2. The number of carbonyl (C=O) groups excluding carboxylic acids is 2. The van der Waals surface area contributed by atoms with E-state index in [9.17, 15) is 14.0 Å². The average molecular weight is 647 g/mol. The molecule has 12 heteroatoms. The van der Waals surface area contributed by atoms with E-state index in [4.69, 9.17) is 18.9 Å². The van der Waals surface area contributed by atoms with Gasteiger partial charge in [0.25, 0.3) is 0 Å².